The van der Waals surface area contributed by atoms with E-state index < -0.39 is 23.7 Å². The van der Waals surface area contributed by atoms with Gasteiger partial charge in [0.15, 0.2) is 6.04 Å². The standard InChI is InChI=1S/C22H25FN6O2/c1-4-6-18(20(25)31)29(2,3)22-16(23)12-15(19(24)30)21(28-22)27-14-9-8-13-7-5-10-26-17(13)11-14/h5,7-12,18H,4,6H2,1-3H3,(H4-,24,25,26,27,28,30,31)/p+1. The summed E-state index contributed by atoms with van der Waals surface area (Å²) in [7, 11) is 3.31. The summed E-state index contributed by atoms with van der Waals surface area (Å²) in [4.78, 5) is 32.7. The number of carbonyl (C=O) groups is 2. The van der Waals surface area contributed by atoms with Gasteiger partial charge in [-0.05, 0) is 30.7 Å². The zero-order valence-corrected chi connectivity index (χ0v) is 17.7. The van der Waals surface area contributed by atoms with Crippen molar-refractivity contribution in [2.24, 2.45) is 11.5 Å². The van der Waals surface area contributed by atoms with Crippen molar-refractivity contribution in [3.63, 3.8) is 0 Å². The lowest BCUT2D eigenvalue weighted by Gasteiger charge is -2.35. The summed E-state index contributed by atoms with van der Waals surface area (Å²) in [6.07, 6.45) is 2.82. The minimum Gasteiger partial charge on any atom is -0.365 e. The van der Waals surface area contributed by atoms with Gasteiger partial charge in [-0.2, -0.15) is 9.37 Å². The van der Waals surface area contributed by atoms with Crippen LogP contribution in [0, 0.1) is 5.82 Å². The molecule has 0 fully saturated rings. The number of nitrogens with one attached hydrogen (secondary N) is 1. The number of amides is 2. The van der Waals surface area contributed by atoms with Gasteiger partial charge in [0, 0.05) is 23.7 Å². The number of quaternary nitrogens is 1. The molecule has 0 saturated carbocycles. The monoisotopic (exact) mass is 425 g/mol. The molecule has 2 heterocycles. The number of hydrogen-bond donors (Lipinski definition) is 3. The number of hydrogen-bond acceptors (Lipinski definition) is 5. The molecule has 31 heavy (non-hydrogen) atoms. The van der Waals surface area contributed by atoms with Gasteiger partial charge in [-0.3, -0.25) is 19.1 Å². The summed E-state index contributed by atoms with van der Waals surface area (Å²) in [6.45, 7) is 1.91. The van der Waals surface area contributed by atoms with Gasteiger partial charge in [0.1, 0.15) is 5.82 Å². The van der Waals surface area contributed by atoms with Crippen LogP contribution in [0.5, 0.6) is 0 Å². The van der Waals surface area contributed by atoms with Crippen molar-refractivity contribution in [1.82, 2.24) is 14.5 Å². The van der Waals surface area contributed by atoms with Crippen molar-refractivity contribution in [2.45, 2.75) is 25.8 Å². The van der Waals surface area contributed by atoms with Crippen molar-refractivity contribution < 1.29 is 14.0 Å². The highest BCUT2D eigenvalue weighted by Crippen LogP contribution is 2.31. The molecule has 2 aromatic heterocycles. The minimum absolute atomic E-state index is 0.0244. The molecule has 162 valence electrons. The Kier molecular flexibility index (Phi) is 6.16. The Labute approximate surface area is 179 Å². The van der Waals surface area contributed by atoms with Crippen LogP contribution in [0.15, 0.2) is 42.6 Å². The number of anilines is 2. The van der Waals surface area contributed by atoms with Crippen LogP contribution in [0.1, 0.15) is 30.1 Å². The maximum Gasteiger partial charge on any atom is 0.276 e. The van der Waals surface area contributed by atoms with E-state index in [4.69, 9.17) is 11.5 Å². The van der Waals surface area contributed by atoms with Crippen LogP contribution in [0.3, 0.4) is 0 Å². The Morgan fingerprint density at radius 2 is 1.94 bits per heavy atom. The average Bonchev–Trinajstić information content (AvgIpc) is 2.72. The van der Waals surface area contributed by atoms with E-state index in [1.807, 2.05) is 25.1 Å². The Bertz CT molecular complexity index is 1150. The highest BCUT2D eigenvalue weighted by molar-refractivity contribution is 5.99. The predicted molar refractivity (Wildman–Crippen MR) is 119 cm³/mol. The molecular weight excluding hydrogens is 399 g/mol. The molecule has 0 aliphatic rings. The first kappa shape index (κ1) is 22.1. The minimum atomic E-state index is -0.829. The fourth-order valence-electron chi connectivity index (χ4n) is 3.65. The normalized spacial score (nSPS) is 12.5. The summed E-state index contributed by atoms with van der Waals surface area (Å²) in [5.41, 5.74) is 12.3. The maximum absolute atomic E-state index is 15.0. The SMILES string of the molecule is CCCC(C(N)=O)[N+](C)(C)c1nc(Nc2ccc3cccnc3c2)c(C(N)=O)cc1F. The van der Waals surface area contributed by atoms with Crippen LogP contribution in [-0.2, 0) is 4.79 Å². The van der Waals surface area contributed by atoms with E-state index in [1.54, 1.807) is 32.4 Å². The van der Waals surface area contributed by atoms with Crippen LogP contribution < -0.4 is 21.3 Å². The van der Waals surface area contributed by atoms with E-state index in [0.29, 0.717) is 18.5 Å². The van der Waals surface area contributed by atoms with Crippen LogP contribution >= 0.6 is 0 Å². The molecular formula is C22H26FN6O2+. The largest absolute Gasteiger partial charge is 0.365 e. The molecule has 9 heteroatoms. The second-order valence-corrected chi connectivity index (χ2v) is 7.84. The van der Waals surface area contributed by atoms with E-state index >= 15 is 4.39 Å². The molecule has 1 aromatic carbocycles. The Morgan fingerprint density at radius 3 is 2.58 bits per heavy atom. The van der Waals surface area contributed by atoms with Gasteiger partial charge >= 0.3 is 0 Å². The predicted octanol–water partition coefficient (Wildman–Crippen LogP) is 2.83. The number of nitrogens with zero attached hydrogens (tertiary/aromatic N) is 3. The molecule has 0 bridgehead atoms. The third-order valence-corrected chi connectivity index (χ3v) is 5.31. The van der Waals surface area contributed by atoms with Gasteiger partial charge in [-0.1, -0.05) is 19.1 Å². The maximum atomic E-state index is 15.0. The van der Waals surface area contributed by atoms with Crippen molar-refractivity contribution in [3.8, 4) is 0 Å². The molecule has 1 unspecified atom stereocenters. The Hall–Kier alpha value is -3.59. The molecule has 0 spiro atoms. The number of halogens is 1. The van der Waals surface area contributed by atoms with Crippen LogP contribution in [-0.4, -0.2) is 41.9 Å². The van der Waals surface area contributed by atoms with Crippen molar-refractivity contribution in [1.29, 1.82) is 0 Å². The van der Waals surface area contributed by atoms with Crippen LogP contribution in [0.4, 0.5) is 21.7 Å². The van der Waals surface area contributed by atoms with Crippen molar-refractivity contribution >= 4 is 40.0 Å². The number of likely N-dealkylation sites (N-methyl/N-ethyl adjacent to an activating group) is 1. The second-order valence-electron chi connectivity index (χ2n) is 7.84. The molecule has 5 N–H and O–H groups in total. The summed E-state index contributed by atoms with van der Waals surface area (Å²) in [5.74, 6) is -2.06. The Morgan fingerprint density at radius 1 is 1.19 bits per heavy atom. The fourth-order valence-corrected chi connectivity index (χ4v) is 3.65. The molecule has 8 nitrogen and oxygen atoms in total. The van der Waals surface area contributed by atoms with E-state index in [2.05, 4.69) is 15.3 Å². The molecule has 1 atom stereocenters. The molecule has 0 aliphatic carbocycles. The quantitative estimate of drug-likeness (QED) is 0.479. The molecule has 0 saturated heterocycles. The summed E-state index contributed by atoms with van der Waals surface area (Å²) >= 11 is 0. The number of aromatic nitrogens is 2. The lowest BCUT2D eigenvalue weighted by atomic mass is 10.1. The van der Waals surface area contributed by atoms with E-state index in [9.17, 15) is 9.59 Å². The first-order valence-corrected chi connectivity index (χ1v) is 9.90. The highest BCUT2D eigenvalue weighted by atomic mass is 19.1. The molecule has 3 aromatic rings. The molecule has 2 amide bonds. The number of fused-ring (bicyclic) bond motifs is 1. The van der Waals surface area contributed by atoms with Crippen molar-refractivity contribution in [2.75, 3.05) is 19.4 Å². The number of benzene rings is 1. The molecule has 0 radical (unpaired) electrons. The Balaban J connectivity index is 2.10. The first-order valence-electron chi connectivity index (χ1n) is 9.90. The van der Waals surface area contributed by atoms with Gasteiger partial charge in [0.05, 0.1) is 25.2 Å². The third kappa shape index (κ3) is 4.46. The smallest absolute Gasteiger partial charge is 0.276 e. The topological polar surface area (TPSA) is 124 Å². The lowest BCUT2D eigenvalue weighted by molar-refractivity contribution is -0.122. The summed E-state index contributed by atoms with van der Waals surface area (Å²) in [6, 6.07) is 9.55. The van der Waals surface area contributed by atoms with E-state index in [0.717, 1.165) is 17.0 Å². The fraction of sp³-hybridized carbons (Fsp3) is 0.273. The number of pyridine rings is 2. The van der Waals surface area contributed by atoms with E-state index in [-0.39, 0.29) is 21.7 Å². The van der Waals surface area contributed by atoms with E-state index in [1.165, 1.54) is 0 Å². The summed E-state index contributed by atoms with van der Waals surface area (Å²) < 4.78 is 14.8. The van der Waals surface area contributed by atoms with Gasteiger partial charge in [0.2, 0.25) is 5.82 Å². The third-order valence-electron chi connectivity index (χ3n) is 5.31. The number of primary amides is 2. The molecule has 0 aliphatic heterocycles. The summed E-state index contributed by atoms with van der Waals surface area (Å²) in [5, 5.41) is 3.98. The van der Waals surface area contributed by atoms with Crippen LogP contribution in [0.25, 0.3) is 10.9 Å². The van der Waals surface area contributed by atoms with Gasteiger partial charge in [-0.15, -0.1) is 0 Å². The van der Waals surface area contributed by atoms with Crippen LogP contribution in [0.2, 0.25) is 0 Å². The number of rotatable bonds is 8. The first-order chi connectivity index (χ1) is 14.6. The zero-order valence-electron chi connectivity index (χ0n) is 17.7. The number of nitrogens with two attached hydrogens (primary N) is 2. The van der Waals surface area contributed by atoms with Gasteiger partial charge < -0.3 is 16.8 Å². The zero-order chi connectivity index (χ0) is 22.8. The van der Waals surface area contributed by atoms with Gasteiger partial charge in [-0.25, -0.2) is 0 Å². The van der Waals surface area contributed by atoms with Gasteiger partial charge in [0.25, 0.3) is 17.6 Å². The number of carbonyl (C=O) groups excluding carboxylic acids is 2. The highest BCUT2D eigenvalue weighted by Gasteiger charge is 2.39. The second kappa shape index (κ2) is 8.65. The lowest BCUT2D eigenvalue weighted by Crippen LogP contribution is -2.57. The van der Waals surface area contributed by atoms with Crippen molar-refractivity contribution in [3.05, 3.63) is 54.0 Å². The molecule has 3 rings (SSSR count). The average molecular weight is 425 g/mol.